The van der Waals surface area contributed by atoms with Crippen molar-refractivity contribution in [1.29, 1.82) is 5.26 Å². The van der Waals surface area contributed by atoms with Crippen LogP contribution in [0.3, 0.4) is 0 Å². The fourth-order valence-electron chi connectivity index (χ4n) is 6.35. The van der Waals surface area contributed by atoms with Gasteiger partial charge in [-0.1, -0.05) is 48.5 Å². The quantitative estimate of drug-likeness (QED) is 0.232. The van der Waals surface area contributed by atoms with Crippen LogP contribution in [0.5, 0.6) is 5.75 Å². The third-order valence-corrected chi connectivity index (χ3v) is 8.38. The van der Waals surface area contributed by atoms with E-state index < -0.39 is 11.8 Å². The summed E-state index contributed by atoms with van der Waals surface area (Å²) in [4.78, 5) is 16.2. The molecule has 6 nitrogen and oxygen atoms in total. The third kappa shape index (κ3) is 4.61. The van der Waals surface area contributed by atoms with E-state index in [1.54, 1.807) is 12.3 Å². The SMILES string of the molecule is N#Cc1nccc2nc(-c3cc4ccccc4nc3N3CC4CCCC(F)(F)C4C3)cc(OCc3ccccc3)c12. The van der Waals surface area contributed by atoms with Gasteiger partial charge in [0.05, 0.1) is 22.1 Å². The number of hydrogen-bond donors (Lipinski definition) is 0. The molecule has 0 N–H and O–H groups in total. The molecule has 7 rings (SSSR count). The van der Waals surface area contributed by atoms with Crippen LogP contribution in [-0.4, -0.2) is 34.0 Å². The molecule has 2 atom stereocenters. The molecule has 2 unspecified atom stereocenters. The predicted octanol–water partition coefficient (Wildman–Crippen LogP) is 7.17. The van der Waals surface area contributed by atoms with Crippen molar-refractivity contribution in [2.24, 2.45) is 11.8 Å². The highest BCUT2D eigenvalue weighted by atomic mass is 19.3. The van der Waals surface area contributed by atoms with Crippen molar-refractivity contribution in [2.75, 3.05) is 18.0 Å². The molecular formula is C33H27F2N5O. The largest absolute Gasteiger partial charge is 0.488 e. The summed E-state index contributed by atoms with van der Waals surface area (Å²) < 4.78 is 36.2. The van der Waals surface area contributed by atoms with Crippen LogP contribution in [0.2, 0.25) is 0 Å². The molecule has 1 saturated heterocycles. The highest BCUT2D eigenvalue weighted by Gasteiger charge is 2.51. The Hall–Kier alpha value is -4.64. The van der Waals surface area contributed by atoms with Crippen LogP contribution in [0.1, 0.15) is 30.5 Å². The molecule has 204 valence electrons. The van der Waals surface area contributed by atoms with Gasteiger partial charge in [0.2, 0.25) is 0 Å². The van der Waals surface area contributed by atoms with E-state index in [4.69, 9.17) is 14.7 Å². The minimum absolute atomic E-state index is 0.0520. The summed E-state index contributed by atoms with van der Waals surface area (Å²) in [6.45, 7) is 1.09. The molecule has 2 fully saturated rings. The normalized spacial score (nSPS) is 19.7. The number of fused-ring (bicyclic) bond motifs is 3. The smallest absolute Gasteiger partial charge is 0.252 e. The molecule has 0 spiro atoms. The van der Waals surface area contributed by atoms with Crippen molar-refractivity contribution in [3.05, 3.63) is 90.3 Å². The number of nitriles is 1. The first-order valence-corrected chi connectivity index (χ1v) is 13.9. The average Bonchev–Trinajstić information content (AvgIpc) is 3.45. The van der Waals surface area contributed by atoms with E-state index in [2.05, 4.69) is 11.1 Å². The molecule has 41 heavy (non-hydrogen) atoms. The first-order chi connectivity index (χ1) is 20.0. The first kappa shape index (κ1) is 25.3. The second-order valence-electron chi connectivity index (χ2n) is 10.9. The van der Waals surface area contributed by atoms with E-state index in [-0.39, 0.29) is 24.6 Å². The summed E-state index contributed by atoms with van der Waals surface area (Å²) in [6.07, 6.45) is 2.86. The molecule has 4 heterocycles. The molecule has 0 radical (unpaired) electrons. The Balaban J connectivity index is 1.38. The van der Waals surface area contributed by atoms with E-state index in [0.29, 0.717) is 47.7 Å². The molecule has 0 bridgehead atoms. The number of nitrogens with zero attached hydrogens (tertiary/aromatic N) is 5. The first-order valence-electron chi connectivity index (χ1n) is 13.9. The topological polar surface area (TPSA) is 74.9 Å². The molecule has 3 aromatic heterocycles. The zero-order valence-electron chi connectivity index (χ0n) is 22.3. The fourth-order valence-corrected chi connectivity index (χ4v) is 6.35. The Morgan fingerprint density at radius 2 is 1.80 bits per heavy atom. The van der Waals surface area contributed by atoms with Crippen molar-refractivity contribution in [3.63, 3.8) is 0 Å². The Morgan fingerprint density at radius 3 is 2.63 bits per heavy atom. The predicted molar refractivity (Wildman–Crippen MR) is 154 cm³/mol. The van der Waals surface area contributed by atoms with Crippen molar-refractivity contribution in [2.45, 2.75) is 31.8 Å². The summed E-state index contributed by atoms with van der Waals surface area (Å²) in [6, 6.07) is 25.4. The number of anilines is 1. The number of benzene rings is 2. The lowest BCUT2D eigenvalue weighted by molar-refractivity contribution is -0.0930. The Labute approximate surface area is 236 Å². The van der Waals surface area contributed by atoms with Gasteiger partial charge in [0.25, 0.3) is 5.92 Å². The number of ether oxygens (including phenoxy) is 1. The Kier molecular flexibility index (Phi) is 6.23. The second kappa shape index (κ2) is 10.1. The van der Waals surface area contributed by atoms with Gasteiger partial charge >= 0.3 is 0 Å². The monoisotopic (exact) mass is 547 g/mol. The summed E-state index contributed by atoms with van der Waals surface area (Å²) >= 11 is 0. The van der Waals surface area contributed by atoms with Gasteiger partial charge in [-0.15, -0.1) is 0 Å². The number of halogens is 2. The summed E-state index contributed by atoms with van der Waals surface area (Å²) in [7, 11) is 0. The number of para-hydroxylation sites is 1. The molecular weight excluding hydrogens is 520 g/mol. The lowest BCUT2D eigenvalue weighted by Gasteiger charge is -2.32. The van der Waals surface area contributed by atoms with E-state index in [1.165, 1.54) is 0 Å². The molecule has 2 aliphatic rings. The van der Waals surface area contributed by atoms with Crippen molar-refractivity contribution in [1.82, 2.24) is 15.0 Å². The van der Waals surface area contributed by atoms with Gasteiger partial charge in [-0.2, -0.15) is 5.26 Å². The fraction of sp³-hybridized carbons (Fsp3) is 0.273. The molecule has 1 saturated carbocycles. The maximum absolute atomic E-state index is 14.9. The van der Waals surface area contributed by atoms with Crippen LogP contribution in [0.15, 0.2) is 79.0 Å². The summed E-state index contributed by atoms with van der Waals surface area (Å²) in [5, 5.41) is 11.3. The van der Waals surface area contributed by atoms with Crippen LogP contribution < -0.4 is 9.64 Å². The van der Waals surface area contributed by atoms with Crippen LogP contribution in [-0.2, 0) is 6.61 Å². The molecule has 0 amide bonds. The van der Waals surface area contributed by atoms with Crippen LogP contribution >= 0.6 is 0 Å². The van der Waals surface area contributed by atoms with E-state index in [9.17, 15) is 14.0 Å². The number of pyridine rings is 3. The van der Waals surface area contributed by atoms with Gasteiger partial charge in [-0.3, -0.25) is 0 Å². The van der Waals surface area contributed by atoms with Gasteiger partial charge in [0, 0.05) is 48.6 Å². The third-order valence-electron chi connectivity index (χ3n) is 8.38. The van der Waals surface area contributed by atoms with Crippen LogP contribution in [0, 0.1) is 23.2 Å². The van der Waals surface area contributed by atoms with Crippen LogP contribution in [0.4, 0.5) is 14.6 Å². The number of aromatic nitrogens is 3. The maximum atomic E-state index is 14.9. The zero-order valence-corrected chi connectivity index (χ0v) is 22.3. The molecule has 2 aromatic carbocycles. The summed E-state index contributed by atoms with van der Waals surface area (Å²) in [5.41, 5.74) is 3.92. The Morgan fingerprint density at radius 1 is 0.976 bits per heavy atom. The zero-order chi connectivity index (χ0) is 28.0. The molecule has 1 aliphatic carbocycles. The number of hydrogen-bond acceptors (Lipinski definition) is 6. The van der Waals surface area contributed by atoms with Crippen molar-refractivity contribution in [3.8, 4) is 23.1 Å². The lowest BCUT2D eigenvalue weighted by atomic mass is 9.79. The van der Waals surface area contributed by atoms with E-state index in [1.807, 2.05) is 71.6 Å². The van der Waals surface area contributed by atoms with Crippen molar-refractivity contribution < 1.29 is 13.5 Å². The van der Waals surface area contributed by atoms with Gasteiger partial charge in [0.1, 0.15) is 24.2 Å². The minimum atomic E-state index is -2.67. The van der Waals surface area contributed by atoms with Crippen molar-refractivity contribution >= 4 is 27.6 Å². The lowest BCUT2D eigenvalue weighted by Crippen LogP contribution is -2.37. The summed E-state index contributed by atoms with van der Waals surface area (Å²) in [5.74, 6) is -2.30. The number of alkyl halides is 2. The van der Waals surface area contributed by atoms with Gasteiger partial charge in [-0.05, 0) is 42.5 Å². The highest BCUT2D eigenvalue weighted by Crippen LogP contribution is 2.48. The standard InChI is InChI=1S/C33H27F2N5O/c34-33(35)13-6-10-23-18-40(19-25(23)33)32-24(15-22-9-4-5-11-26(22)39-32)28-16-30(41-20-21-7-2-1-3-8-21)31-27(38-28)12-14-37-29(31)17-36/h1-5,7-9,11-12,14-16,23,25H,6,10,13,18-20H2. The number of rotatable bonds is 5. The molecule has 1 aliphatic heterocycles. The Bertz CT molecular complexity index is 1800. The van der Waals surface area contributed by atoms with Gasteiger partial charge in [-0.25, -0.2) is 23.7 Å². The van der Waals surface area contributed by atoms with Gasteiger partial charge < -0.3 is 9.64 Å². The van der Waals surface area contributed by atoms with Gasteiger partial charge in [0.15, 0.2) is 5.69 Å². The maximum Gasteiger partial charge on any atom is 0.252 e. The molecule has 5 aromatic rings. The average molecular weight is 548 g/mol. The highest BCUT2D eigenvalue weighted by molar-refractivity contribution is 5.94. The molecule has 8 heteroatoms. The minimum Gasteiger partial charge on any atom is -0.488 e. The van der Waals surface area contributed by atoms with E-state index in [0.717, 1.165) is 28.5 Å². The van der Waals surface area contributed by atoms with Crippen LogP contribution in [0.25, 0.3) is 33.1 Å². The van der Waals surface area contributed by atoms with E-state index >= 15 is 0 Å². The second-order valence-corrected chi connectivity index (χ2v) is 10.9.